The number of nitrogens with zero attached hydrogens (tertiary/aromatic N) is 1. The molecule has 0 spiro atoms. The second-order valence-corrected chi connectivity index (χ2v) is 8.31. The molecule has 0 aliphatic carbocycles. The Labute approximate surface area is 184 Å². The van der Waals surface area contributed by atoms with Gasteiger partial charge < -0.3 is 10.1 Å². The first-order valence-corrected chi connectivity index (χ1v) is 10.6. The number of nitrogens with one attached hydrogen (secondary N) is 1. The number of carbonyl (C=O) groups is 2. The van der Waals surface area contributed by atoms with E-state index in [1.807, 2.05) is 54.6 Å². The van der Waals surface area contributed by atoms with E-state index in [9.17, 15) is 9.59 Å². The smallest absolute Gasteiger partial charge is 0.268 e. The maximum Gasteiger partial charge on any atom is 0.268 e. The van der Waals surface area contributed by atoms with Gasteiger partial charge in [0.2, 0.25) is 5.91 Å². The van der Waals surface area contributed by atoms with Crippen LogP contribution in [0.15, 0.2) is 82.6 Å². The Morgan fingerprint density at radius 2 is 1.83 bits per heavy atom. The van der Waals surface area contributed by atoms with Crippen molar-refractivity contribution in [3.8, 4) is 5.75 Å². The number of fused-ring (bicyclic) bond motifs is 1. The number of para-hydroxylation sites is 1. The highest BCUT2D eigenvalue weighted by molar-refractivity contribution is 7.99. The standard InChI is InChI=1S/C23H19ClN2O3S/c1-15-23(28)26(19-13-16(24)11-12-20(19)29-15)14-22(27)25-18-9-5-6-10-21(18)30-17-7-3-2-4-8-17/h2-13,15H,14H2,1H3,(H,25,27). The lowest BCUT2D eigenvalue weighted by molar-refractivity contribution is -0.127. The molecule has 0 saturated heterocycles. The molecule has 0 radical (unpaired) electrons. The van der Waals surface area contributed by atoms with Crippen molar-refractivity contribution >= 4 is 46.6 Å². The number of carbonyl (C=O) groups excluding carboxylic acids is 2. The van der Waals surface area contributed by atoms with E-state index in [1.54, 1.807) is 36.9 Å². The van der Waals surface area contributed by atoms with Gasteiger partial charge in [-0.2, -0.15) is 0 Å². The average Bonchev–Trinajstić information content (AvgIpc) is 2.74. The van der Waals surface area contributed by atoms with Crippen LogP contribution in [-0.2, 0) is 9.59 Å². The van der Waals surface area contributed by atoms with Gasteiger partial charge in [0.25, 0.3) is 5.91 Å². The lowest BCUT2D eigenvalue weighted by Crippen LogP contribution is -2.47. The predicted octanol–water partition coefficient (Wildman–Crippen LogP) is 5.24. The van der Waals surface area contributed by atoms with Gasteiger partial charge in [-0.3, -0.25) is 14.5 Å². The second kappa shape index (κ2) is 8.81. The van der Waals surface area contributed by atoms with Crippen molar-refractivity contribution in [2.24, 2.45) is 0 Å². The summed E-state index contributed by atoms with van der Waals surface area (Å²) in [5, 5.41) is 3.40. The fraction of sp³-hybridized carbons (Fsp3) is 0.130. The summed E-state index contributed by atoms with van der Waals surface area (Å²) < 4.78 is 5.63. The van der Waals surface area contributed by atoms with Crippen molar-refractivity contribution in [2.75, 3.05) is 16.8 Å². The summed E-state index contributed by atoms with van der Waals surface area (Å²) in [5.41, 5.74) is 1.18. The van der Waals surface area contributed by atoms with Crippen molar-refractivity contribution in [3.05, 3.63) is 77.8 Å². The number of amides is 2. The fourth-order valence-corrected chi connectivity index (χ4v) is 4.24. The van der Waals surface area contributed by atoms with Gasteiger partial charge in [-0.15, -0.1) is 0 Å². The largest absolute Gasteiger partial charge is 0.479 e. The topological polar surface area (TPSA) is 58.6 Å². The Morgan fingerprint density at radius 3 is 2.63 bits per heavy atom. The molecule has 1 aliphatic heterocycles. The number of benzene rings is 3. The van der Waals surface area contributed by atoms with Gasteiger partial charge in [0.15, 0.2) is 6.10 Å². The molecule has 0 fully saturated rings. The third kappa shape index (κ3) is 4.45. The van der Waals surface area contributed by atoms with E-state index in [-0.39, 0.29) is 18.4 Å². The van der Waals surface area contributed by atoms with E-state index in [0.29, 0.717) is 22.1 Å². The Kier molecular flexibility index (Phi) is 5.97. The van der Waals surface area contributed by atoms with Crippen molar-refractivity contribution in [3.63, 3.8) is 0 Å². The van der Waals surface area contributed by atoms with E-state index in [0.717, 1.165) is 9.79 Å². The van der Waals surface area contributed by atoms with E-state index in [2.05, 4.69) is 5.32 Å². The van der Waals surface area contributed by atoms with Crippen LogP contribution in [-0.4, -0.2) is 24.5 Å². The molecule has 7 heteroatoms. The molecule has 3 aromatic rings. The van der Waals surface area contributed by atoms with Crippen LogP contribution >= 0.6 is 23.4 Å². The van der Waals surface area contributed by atoms with E-state index >= 15 is 0 Å². The molecule has 1 aliphatic rings. The van der Waals surface area contributed by atoms with Gasteiger partial charge in [-0.25, -0.2) is 0 Å². The third-order valence-electron chi connectivity index (χ3n) is 4.56. The minimum atomic E-state index is -0.674. The molecule has 0 aromatic heterocycles. The summed E-state index contributed by atoms with van der Waals surface area (Å²) in [4.78, 5) is 28.9. The first-order valence-electron chi connectivity index (χ1n) is 9.40. The van der Waals surface area contributed by atoms with Crippen LogP contribution < -0.4 is 15.0 Å². The Hall–Kier alpha value is -2.96. The number of hydrogen-bond acceptors (Lipinski definition) is 4. The molecular formula is C23H19ClN2O3S. The first kappa shape index (κ1) is 20.3. The quantitative estimate of drug-likeness (QED) is 0.591. The molecule has 3 aromatic carbocycles. The third-order valence-corrected chi connectivity index (χ3v) is 5.88. The highest BCUT2D eigenvalue weighted by Gasteiger charge is 2.33. The van der Waals surface area contributed by atoms with Crippen LogP contribution in [0, 0.1) is 0 Å². The number of ether oxygens (including phenoxy) is 1. The van der Waals surface area contributed by atoms with Gasteiger partial charge in [0.05, 0.1) is 11.4 Å². The normalized spacial score (nSPS) is 15.3. The molecule has 5 nitrogen and oxygen atoms in total. The number of anilines is 2. The van der Waals surface area contributed by atoms with Crippen molar-refractivity contribution in [1.82, 2.24) is 0 Å². The lowest BCUT2D eigenvalue weighted by Gasteiger charge is -2.32. The summed E-state index contributed by atoms with van der Waals surface area (Å²) in [6.45, 7) is 1.53. The molecule has 1 atom stereocenters. The summed E-state index contributed by atoms with van der Waals surface area (Å²) in [6, 6.07) is 22.5. The fourth-order valence-electron chi connectivity index (χ4n) is 3.15. The van der Waals surface area contributed by atoms with Crippen LogP contribution in [0.1, 0.15) is 6.92 Å². The molecule has 1 unspecified atom stereocenters. The van der Waals surface area contributed by atoms with E-state index < -0.39 is 6.10 Å². The molecule has 152 valence electrons. The van der Waals surface area contributed by atoms with Crippen LogP contribution in [0.25, 0.3) is 0 Å². The van der Waals surface area contributed by atoms with Crippen molar-refractivity contribution < 1.29 is 14.3 Å². The molecule has 2 amide bonds. The van der Waals surface area contributed by atoms with E-state index in [4.69, 9.17) is 16.3 Å². The van der Waals surface area contributed by atoms with Crippen molar-refractivity contribution in [1.29, 1.82) is 0 Å². The van der Waals surface area contributed by atoms with Crippen LogP contribution in [0.4, 0.5) is 11.4 Å². The molecule has 1 heterocycles. The van der Waals surface area contributed by atoms with Gasteiger partial charge in [0, 0.05) is 14.8 Å². The minimum absolute atomic E-state index is 0.135. The van der Waals surface area contributed by atoms with Gasteiger partial charge in [-0.1, -0.05) is 53.7 Å². The highest BCUT2D eigenvalue weighted by Crippen LogP contribution is 2.36. The lowest BCUT2D eigenvalue weighted by atomic mass is 10.2. The van der Waals surface area contributed by atoms with Crippen molar-refractivity contribution in [2.45, 2.75) is 22.8 Å². The van der Waals surface area contributed by atoms with Gasteiger partial charge in [0.1, 0.15) is 12.3 Å². The second-order valence-electron chi connectivity index (χ2n) is 6.76. The van der Waals surface area contributed by atoms with Crippen LogP contribution in [0.3, 0.4) is 0 Å². The number of rotatable bonds is 5. The zero-order chi connectivity index (χ0) is 21.1. The van der Waals surface area contributed by atoms with Gasteiger partial charge in [-0.05, 0) is 49.4 Å². The Morgan fingerprint density at radius 1 is 1.10 bits per heavy atom. The Balaban J connectivity index is 1.53. The maximum atomic E-state index is 12.8. The van der Waals surface area contributed by atoms with Crippen LogP contribution in [0.5, 0.6) is 5.75 Å². The minimum Gasteiger partial charge on any atom is -0.479 e. The van der Waals surface area contributed by atoms with E-state index in [1.165, 1.54) is 4.90 Å². The van der Waals surface area contributed by atoms with Crippen LogP contribution in [0.2, 0.25) is 5.02 Å². The zero-order valence-electron chi connectivity index (χ0n) is 16.2. The maximum absolute atomic E-state index is 12.8. The first-order chi connectivity index (χ1) is 14.5. The highest BCUT2D eigenvalue weighted by atomic mass is 35.5. The summed E-state index contributed by atoms with van der Waals surface area (Å²) >= 11 is 7.65. The molecule has 4 rings (SSSR count). The SMILES string of the molecule is CC1Oc2ccc(Cl)cc2N(CC(=O)Nc2ccccc2Sc2ccccc2)C1=O. The Bertz CT molecular complexity index is 1090. The summed E-state index contributed by atoms with van der Waals surface area (Å²) in [6.07, 6.45) is -0.674. The molecule has 0 saturated carbocycles. The summed E-state index contributed by atoms with van der Waals surface area (Å²) in [5.74, 6) is -0.0596. The summed E-state index contributed by atoms with van der Waals surface area (Å²) in [7, 11) is 0. The molecular weight excluding hydrogens is 420 g/mol. The predicted molar refractivity (Wildman–Crippen MR) is 120 cm³/mol. The average molecular weight is 439 g/mol. The monoisotopic (exact) mass is 438 g/mol. The van der Waals surface area contributed by atoms with Gasteiger partial charge >= 0.3 is 0 Å². The zero-order valence-corrected chi connectivity index (χ0v) is 17.7. The number of hydrogen-bond donors (Lipinski definition) is 1. The molecule has 0 bridgehead atoms. The molecule has 1 N–H and O–H groups in total. The number of halogens is 1. The molecule has 30 heavy (non-hydrogen) atoms.